The number of pyridine rings is 1. The first-order valence-corrected chi connectivity index (χ1v) is 9.77. The first kappa shape index (κ1) is 18.0. The Morgan fingerprint density at radius 3 is 2.63 bits per heavy atom. The molecule has 0 saturated carbocycles. The summed E-state index contributed by atoms with van der Waals surface area (Å²) in [6.07, 6.45) is 7.51. The SMILES string of the molecule is Cc1cccn2cc(C(=O)N3CCO[C@H](C(=O)N4CCCCCC4)C3)nc12. The summed E-state index contributed by atoms with van der Waals surface area (Å²) in [5.41, 5.74) is 2.21. The minimum Gasteiger partial charge on any atom is -0.365 e. The van der Waals surface area contributed by atoms with E-state index in [0.29, 0.717) is 25.4 Å². The quantitative estimate of drug-likeness (QED) is 0.810. The Morgan fingerprint density at radius 2 is 1.89 bits per heavy atom. The molecular weight excluding hydrogens is 344 g/mol. The summed E-state index contributed by atoms with van der Waals surface area (Å²) >= 11 is 0. The second-order valence-corrected chi connectivity index (χ2v) is 7.40. The third-order valence-electron chi connectivity index (χ3n) is 5.44. The van der Waals surface area contributed by atoms with E-state index in [4.69, 9.17) is 4.74 Å². The molecule has 4 rings (SSSR count). The number of ether oxygens (including phenoxy) is 1. The molecule has 2 saturated heterocycles. The largest absolute Gasteiger partial charge is 0.365 e. The van der Waals surface area contributed by atoms with E-state index < -0.39 is 6.10 Å². The molecule has 4 heterocycles. The van der Waals surface area contributed by atoms with E-state index in [1.165, 1.54) is 12.8 Å². The van der Waals surface area contributed by atoms with Crippen molar-refractivity contribution in [1.82, 2.24) is 19.2 Å². The van der Waals surface area contributed by atoms with E-state index in [-0.39, 0.29) is 11.8 Å². The fourth-order valence-electron chi connectivity index (χ4n) is 3.90. The zero-order chi connectivity index (χ0) is 18.8. The predicted octanol–water partition coefficient (Wildman–Crippen LogP) is 1.89. The van der Waals surface area contributed by atoms with Gasteiger partial charge in [-0.3, -0.25) is 9.59 Å². The number of morpholine rings is 1. The van der Waals surface area contributed by atoms with E-state index in [2.05, 4.69) is 4.98 Å². The van der Waals surface area contributed by atoms with Crippen molar-refractivity contribution in [3.8, 4) is 0 Å². The Hall–Kier alpha value is -2.41. The summed E-state index contributed by atoms with van der Waals surface area (Å²) < 4.78 is 7.58. The van der Waals surface area contributed by atoms with Gasteiger partial charge in [0.1, 0.15) is 11.3 Å². The molecule has 0 radical (unpaired) electrons. The van der Waals surface area contributed by atoms with Gasteiger partial charge in [0.2, 0.25) is 0 Å². The van der Waals surface area contributed by atoms with Gasteiger partial charge in [-0.1, -0.05) is 18.9 Å². The minimum atomic E-state index is -0.570. The van der Waals surface area contributed by atoms with E-state index in [1.807, 2.05) is 34.6 Å². The number of carbonyl (C=O) groups excluding carboxylic acids is 2. The average molecular weight is 370 g/mol. The molecule has 2 aromatic heterocycles. The predicted molar refractivity (Wildman–Crippen MR) is 101 cm³/mol. The Kier molecular flexibility index (Phi) is 5.11. The number of aromatic nitrogens is 2. The molecule has 0 unspecified atom stereocenters. The maximum atomic E-state index is 12.9. The second-order valence-electron chi connectivity index (χ2n) is 7.40. The molecule has 0 bridgehead atoms. The number of carbonyl (C=O) groups is 2. The Bertz CT molecular complexity index is 839. The van der Waals surface area contributed by atoms with E-state index in [0.717, 1.165) is 37.1 Å². The van der Waals surface area contributed by atoms with Crippen molar-refractivity contribution in [3.05, 3.63) is 35.8 Å². The number of fused-ring (bicyclic) bond motifs is 1. The fourth-order valence-corrected chi connectivity index (χ4v) is 3.90. The maximum Gasteiger partial charge on any atom is 0.274 e. The van der Waals surface area contributed by atoms with E-state index in [1.54, 1.807) is 11.1 Å². The molecule has 7 nitrogen and oxygen atoms in total. The summed E-state index contributed by atoms with van der Waals surface area (Å²) in [7, 11) is 0. The molecule has 7 heteroatoms. The van der Waals surface area contributed by atoms with Crippen molar-refractivity contribution >= 4 is 17.5 Å². The third kappa shape index (κ3) is 3.69. The average Bonchev–Trinajstić information content (AvgIpc) is 2.95. The molecule has 144 valence electrons. The summed E-state index contributed by atoms with van der Waals surface area (Å²) in [5, 5.41) is 0. The van der Waals surface area contributed by atoms with Crippen molar-refractivity contribution < 1.29 is 14.3 Å². The van der Waals surface area contributed by atoms with E-state index >= 15 is 0 Å². The van der Waals surface area contributed by atoms with Gasteiger partial charge >= 0.3 is 0 Å². The van der Waals surface area contributed by atoms with Gasteiger partial charge in [0.05, 0.1) is 13.2 Å². The number of rotatable bonds is 2. The summed E-state index contributed by atoms with van der Waals surface area (Å²) in [6.45, 7) is 4.71. The summed E-state index contributed by atoms with van der Waals surface area (Å²) in [6, 6.07) is 3.91. The van der Waals surface area contributed by atoms with Gasteiger partial charge in [-0.15, -0.1) is 0 Å². The minimum absolute atomic E-state index is 0.0141. The van der Waals surface area contributed by atoms with Gasteiger partial charge in [-0.25, -0.2) is 4.98 Å². The molecule has 0 spiro atoms. The van der Waals surface area contributed by atoms with Gasteiger partial charge in [0, 0.05) is 32.0 Å². The van der Waals surface area contributed by atoms with Crippen LogP contribution in [0.4, 0.5) is 0 Å². The van der Waals surface area contributed by atoms with Crippen LogP contribution in [0, 0.1) is 6.92 Å². The molecule has 2 amide bonds. The number of hydrogen-bond donors (Lipinski definition) is 0. The maximum absolute atomic E-state index is 12.9. The smallest absolute Gasteiger partial charge is 0.274 e. The molecule has 0 aliphatic carbocycles. The highest BCUT2D eigenvalue weighted by Gasteiger charge is 2.33. The zero-order valence-corrected chi connectivity index (χ0v) is 15.8. The lowest BCUT2D eigenvalue weighted by molar-refractivity contribution is -0.148. The van der Waals surface area contributed by atoms with Crippen molar-refractivity contribution in [2.75, 3.05) is 32.8 Å². The van der Waals surface area contributed by atoms with Crippen LogP contribution in [0.15, 0.2) is 24.5 Å². The first-order valence-electron chi connectivity index (χ1n) is 9.77. The number of hydrogen-bond acceptors (Lipinski definition) is 4. The standard InChI is InChI=1S/C20H26N4O3/c1-15-7-6-10-23-13-16(21-18(15)23)19(25)24-11-12-27-17(14-24)20(26)22-8-4-2-3-5-9-22/h6-7,10,13,17H,2-5,8-9,11-12,14H2,1H3/t17-/m0/s1. The highest BCUT2D eigenvalue weighted by molar-refractivity contribution is 5.93. The van der Waals surface area contributed by atoms with Gasteiger partial charge in [0.15, 0.2) is 6.10 Å². The van der Waals surface area contributed by atoms with Crippen LogP contribution >= 0.6 is 0 Å². The molecule has 2 aliphatic heterocycles. The third-order valence-corrected chi connectivity index (χ3v) is 5.44. The normalized spacial score (nSPS) is 21.3. The lowest BCUT2D eigenvalue weighted by atomic mass is 10.2. The number of imidazole rings is 1. The van der Waals surface area contributed by atoms with Gasteiger partial charge in [0.25, 0.3) is 11.8 Å². The lowest BCUT2D eigenvalue weighted by Gasteiger charge is -2.34. The van der Waals surface area contributed by atoms with Crippen LogP contribution in [0.5, 0.6) is 0 Å². The molecule has 1 atom stereocenters. The topological polar surface area (TPSA) is 67.2 Å². The van der Waals surface area contributed by atoms with Crippen LogP contribution in [-0.2, 0) is 9.53 Å². The molecule has 2 aliphatic rings. The van der Waals surface area contributed by atoms with Crippen molar-refractivity contribution in [2.24, 2.45) is 0 Å². The monoisotopic (exact) mass is 370 g/mol. The zero-order valence-electron chi connectivity index (χ0n) is 15.8. The molecule has 2 fully saturated rings. The van der Waals surface area contributed by atoms with Crippen LogP contribution in [0.3, 0.4) is 0 Å². The van der Waals surface area contributed by atoms with Crippen LogP contribution in [0.25, 0.3) is 5.65 Å². The fraction of sp³-hybridized carbons (Fsp3) is 0.550. The Morgan fingerprint density at radius 1 is 1.11 bits per heavy atom. The molecular formula is C20H26N4O3. The van der Waals surface area contributed by atoms with Gasteiger partial charge in [-0.2, -0.15) is 0 Å². The van der Waals surface area contributed by atoms with Crippen LogP contribution in [0.1, 0.15) is 41.7 Å². The first-order chi connectivity index (χ1) is 13.1. The molecule has 27 heavy (non-hydrogen) atoms. The Balaban J connectivity index is 1.47. The molecule has 0 N–H and O–H groups in total. The molecule has 0 aromatic carbocycles. The molecule has 2 aromatic rings. The Labute approximate surface area is 158 Å². The van der Waals surface area contributed by atoms with E-state index in [9.17, 15) is 9.59 Å². The van der Waals surface area contributed by atoms with Crippen molar-refractivity contribution in [1.29, 1.82) is 0 Å². The van der Waals surface area contributed by atoms with Gasteiger partial charge < -0.3 is 18.9 Å². The lowest BCUT2D eigenvalue weighted by Crippen LogP contribution is -2.52. The second kappa shape index (κ2) is 7.68. The van der Waals surface area contributed by atoms with Crippen molar-refractivity contribution in [3.63, 3.8) is 0 Å². The van der Waals surface area contributed by atoms with Gasteiger partial charge in [-0.05, 0) is 31.4 Å². The van der Waals surface area contributed by atoms with Crippen molar-refractivity contribution in [2.45, 2.75) is 38.7 Å². The number of likely N-dealkylation sites (tertiary alicyclic amines) is 1. The number of nitrogens with zero attached hydrogens (tertiary/aromatic N) is 4. The number of aryl methyl sites for hydroxylation is 1. The van der Waals surface area contributed by atoms with Crippen LogP contribution < -0.4 is 0 Å². The summed E-state index contributed by atoms with van der Waals surface area (Å²) in [5.74, 6) is -0.129. The highest BCUT2D eigenvalue weighted by atomic mass is 16.5. The summed E-state index contributed by atoms with van der Waals surface area (Å²) in [4.78, 5) is 33.9. The van der Waals surface area contributed by atoms with Crippen LogP contribution in [-0.4, -0.2) is 69.9 Å². The highest BCUT2D eigenvalue weighted by Crippen LogP contribution is 2.17. The number of amides is 2. The van der Waals surface area contributed by atoms with Crippen LogP contribution in [0.2, 0.25) is 0 Å².